The minimum absolute atomic E-state index is 0.509. The maximum Gasteiger partial charge on any atom is 0.150 e. The van der Waals surface area contributed by atoms with Crippen LogP contribution in [-0.2, 0) is 0 Å². The molecular formula is C10H12BrNO2. The Morgan fingerprint density at radius 2 is 2.14 bits per heavy atom. The first-order valence-electron chi connectivity index (χ1n) is 4.15. The van der Waals surface area contributed by atoms with Gasteiger partial charge in [-0.2, -0.15) is 0 Å². The highest BCUT2D eigenvalue weighted by atomic mass is 79.9. The third kappa shape index (κ3) is 2.41. The molecule has 0 saturated carbocycles. The number of hydrogen-bond donors (Lipinski definition) is 1. The molecule has 0 aliphatic rings. The number of nitrogens with zero attached hydrogens (tertiary/aromatic N) is 1. The average molecular weight is 258 g/mol. The smallest absolute Gasteiger partial charge is 0.150 e. The average Bonchev–Trinajstić information content (AvgIpc) is 2.16. The molecule has 1 aromatic rings. The molecule has 0 aliphatic heterocycles. The second-order valence-electron chi connectivity index (χ2n) is 3.23. The van der Waals surface area contributed by atoms with Crippen molar-refractivity contribution in [1.82, 2.24) is 4.90 Å². The third-order valence-corrected chi connectivity index (χ3v) is 2.44. The van der Waals surface area contributed by atoms with Crippen molar-refractivity contribution in [3.8, 4) is 0 Å². The van der Waals surface area contributed by atoms with Crippen LogP contribution in [0.1, 0.15) is 22.1 Å². The van der Waals surface area contributed by atoms with E-state index in [1.807, 2.05) is 0 Å². The molecule has 76 valence electrons. The Bertz CT molecular complexity index is 339. The Kier molecular flexibility index (Phi) is 3.80. The van der Waals surface area contributed by atoms with E-state index in [1.54, 1.807) is 37.2 Å². The molecule has 0 saturated heterocycles. The highest BCUT2D eigenvalue weighted by molar-refractivity contribution is 9.10. The van der Waals surface area contributed by atoms with Gasteiger partial charge in [-0.1, -0.05) is 22.0 Å². The number of carbonyl (C=O) groups is 1. The number of carbonyl (C=O) groups excluding carboxylic acids is 1. The molecule has 0 fully saturated rings. The maximum atomic E-state index is 10.7. The zero-order valence-electron chi connectivity index (χ0n) is 8.07. The van der Waals surface area contributed by atoms with Gasteiger partial charge >= 0.3 is 0 Å². The topological polar surface area (TPSA) is 40.5 Å². The van der Waals surface area contributed by atoms with Crippen molar-refractivity contribution in [2.75, 3.05) is 14.1 Å². The van der Waals surface area contributed by atoms with E-state index in [9.17, 15) is 9.90 Å². The molecular weight excluding hydrogens is 246 g/mol. The number of aliphatic hydroxyl groups excluding tert-OH is 1. The van der Waals surface area contributed by atoms with Crippen LogP contribution in [0.25, 0.3) is 0 Å². The molecule has 0 spiro atoms. The highest BCUT2D eigenvalue weighted by Crippen LogP contribution is 2.22. The van der Waals surface area contributed by atoms with E-state index < -0.39 is 6.23 Å². The fourth-order valence-corrected chi connectivity index (χ4v) is 1.53. The van der Waals surface area contributed by atoms with Gasteiger partial charge in [0.2, 0.25) is 0 Å². The van der Waals surface area contributed by atoms with Crippen LogP contribution in [-0.4, -0.2) is 30.4 Å². The van der Waals surface area contributed by atoms with E-state index in [0.29, 0.717) is 11.1 Å². The summed E-state index contributed by atoms with van der Waals surface area (Å²) < 4.78 is 0.846. The normalized spacial score (nSPS) is 12.9. The van der Waals surface area contributed by atoms with E-state index in [0.717, 1.165) is 10.8 Å². The summed E-state index contributed by atoms with van der Waals surface area (Å²) in [5.74, 6) is 0. The molecule has 0 aromatic heterocycles. The molecule has 1 N–H and O–H groups in total. The van der Waals surface area contributed by atoms with Crippen molar-refractivity contribution in [2.24, 2.45) is 0 Å². The number of rotatable bonds is 3. The van der Waals surface area contributed by atoms with E-state index in [2.05, 4.69) is 15.9 Å². The van der Waals surface area contributed by atoms with E-state index >= 15 is 0 Å². The van der Waals surface area contributed by atoms with Gasteiger partial charge in [-0.05, 0) is 26.2 Å². The van der Waals surface area contributed by atoms with Crippen molar-refractivity contribution < 1.29 is 9.90 Å². The molecule has 1 unspecified atom stereocenters. The predicted octanol–water partition coefficient (Wildman–Crippen LogP) is 1.81. The molecule has 1 rings (SSSR count). The van der Waals surface area contributed by atoms with Gasteiger partial charge in [-0.25, -0.2) is 0 Å². The highest BCUT2D eigenvalue weighted by Gasteiger charge is 2.14. The Morgan fingerprint density at radius 3 is 2.64 bits per heavy atom. The lowest BCUT2D eigenvalue weighted by atomic mass is 10.1. The summed E-state index contributed by atoms with van der Waals surface area (Å²) in [7, 11) is 3.50. The van der Waals surface area contributed by atoms with Gasteiger partial charge in [-0.3, -0.25) is 9.69 Å². The van der Waals surface area contributed by atoms with E-state index in [1.165, 1.54) is 0 Å². The minimum atomic E-state index is -0.757. The zero-order chi connectivity index (χ0) is 10.7. The molecule has 0 aliphatic carbocycles. The molecule has 3 nitrogen and oxygen atoms in total. The van der Waals surface area contributed by atoms with Crippen molar-refractivity contribution >= 4 is 22.2 Å². The van der Waals surface area contributed by atoms with Gasteiger partial charge < -0.3 is 5.11 Å². The monoisotopic (exact) mass is 257 g/mol. The van der Waals surface area contributed by atoms with Gasteiger partial charge in [0.1, 0.15) is 12.5 Å². The van der Waals surface area contributed by atoms with Crippen LogP contribution in [0.3, 0.4) is 0 Å². The summed E-state index contributed by atoms with van der Waals surface area (Å²) in [6, 6.07) is 5.20. The number of benzene rings is 1. The lowest BCUT2D eigenvalue weighted by Crippen LogP contribution is -2.20. The van der Waals surface area contributed by atoms with Crippen LogP contribution in [0.2, 0.25) is 0 Å². The van der Waals surface area contributed by atoms with Crippen LogP contribution in [0.4, 0.5) is 0 Å². The zero-order valence-corrected chi connectivity index (χ0v) is 9.65. The standard InChI is InChI=1S/C10H12BrNO2/c1-12(2)10(14)9-5-8(11)4-3-7(9)6-13/h3-6,10,14H,1-2H3. The predicted molar refractivity (Wildman–Crippen MR) is 58.2 cm³/mol. The molecule has 1 aromatic carbocycles. The first kappa shape index (κ1) is 11.4. The first-order chi connectivity index (χ1) is 6.56. The lowest BCUT2D eigenvalue weighted by Gasteiger charge is -2.20. The maximum absolute atomic E-state index is 10.7. The Balaban J connectivity index is 3.16. The minimum Gasteiger partial charge on any atom is -0.374 e. The van der Waals surface area contributed by atoms with Gasteiger partial charge in [0.05, 0.1) is 0 Å². The first-order valence-corrected chi connectivity index (χ1v) is 4.94. The summed E-state index contributed by atoms with van der Waals surface area (Å²) in [5.41, 5.74) is 1.12. The molecule has 4 heteroatoms. The lowest BCUT2D eigenvalue weighted by molar-refractivity contribution is 0.0388. The quantitative estimate of drug-likeness (QED) is 0.664. The fraction of sp³-hybridized carbons (Fsp3) is 0.300. The fourth-order valence-electron chi connectivity index (χ4n) is 1.15. The molecule has 0 amide bonds. The molecule has 0 heterocycles. The number of hydrogen-bond acceptors (Lipinski definition) is 3. The van der Waals surface area contributed by atoms with E-state index in [4.69, 9.17) is 0 Å². The Labute approximate surface area is 91.5 Å². The summed E-state index contributed by atoms with van der Waals surface area (Å²) in [4.78, 5) is 12.4. The van der Waals surface area contributed by atoms with Gasteiger partial charge in [0.15, 0.2) is 0 Å². The Morgan fingerprint density at radius 1 is 1.50 bits per heavy atom. The van der Waals surface area contributed by atoms with Crippen LogP contribution in [0.5, 0.6) is 0 Å². The number of aliphatic hydroxyl groups is 1. The second-order valence-corrected chi connectivity index (χ2v) is 4.14. The van der Waals surface area contributed by atoms with Crippen molar-refractivity contribution in [3.63, 3.8) is 0 Å². The van der Waals surface area contributed by atoms with Crippen LogP contribution < -0.4 is 0 Å². The second kappa shape index (κ2) is 4.68. The summed E-state index contributed by atoms with van der Waals surface area (Å²) in [5, 5.41) is 9.78. The molecule has 1 atom stereocenters. The van der Waals surface area contributed by atoms with Crippen LogP contribution in [0, 0.1) is 0 Å². The summed E-state index contributed by atoms with van der Waals surface area (Å²) in [6.45, 7) is 0. The van der Waals surface area contributed by atoms with Crippen molar-refractivity contribution in [3.05, 3.63) is 33.8 Å². The third-order valence-electron chi connectivity index (χ3n) is 1.94. The Hall–Kier alpha value is -0.710. The molecule has 0 bridgehead atoms. The number of halogens is 1. The van der Waals surface area contributed by atoms with Gasteiger partial charge in [-0.15, -0.1) is 0 Å². The SMILES string of the molecule is CN(C)C(O)c1cc(Br)ccc1C=O. The van der Waals surface area contributed by atoms with Crippen LogP contribution >= 0.6 is 15.9 Å². The van der Waals surface area contributed by atoms with Crippen molar-refractivity contribution in [2.45, 2.75) is 6.23 Å². The van der Waals surface area contributed by atoms with E-state index in [-0.39, 0.29) is 0 Å². The van der Waals surface area contributed by atoms with Crippen molar-refractivity contribution in [1.29, 1.82) is 0 Å². The number of aldehydes is 1. The summed E-state index contributed by atoms with van der Waals surface area (Å²) >= 11 is 3.30. The molecule has 0 radical (unpaired) electrons. The van der Waals surface area contributed by atoms with Crippen LogP contribution in [0.15, 0.2) is 22.7 Å². The summed E-state index contributed by atoms with van der Waals surface area (Å²) in [6.07, 6.45) is -0.0122. The largest absolute Gasteiger partial charge is 0.374 e. The molecule has 14 heavy (non-hydrogen) atoms. The van der Waals surface area contributed by atoms with Gasteiger partial charge in [0, 0.05) is 15.6 Å². The van der Waals surface area contributed by atoms with Gasteiger partial charge in [0.25, 0.3) is 0 Å².